The smallest absolute Gasteiger partial charge is 0.264 e. The van der Waals surface area contributed by atoms with Gasteiger partial charge in [-0.1, -0.05) is 6.42 Å². The highest BCUT2D eigenvalue weighted by Gasteiger charge is 2.35. The van der Waals surface area contributed by atoms with Crippen molar-refractivity contribution in [3.63, 3.8) is 0 Å². The molecular weight excluding hydrogens is 276 g/mol. The van der Waals surface area contributed by atoms with Crippen LogP contribution in [0.4, 0.5) is 0 Å². The monoisotopic (exact) mass is 296 g/mol. The molecule has 0 spiro atoms. The summed E-state index contributed by atoms with van der Waals surface area (Å²) in [4.78, 5) is 18.9. The first-order valence-corrected chi connectivity index (χ1v) is 8.30. The molecule has 3 rings (SSSR count). The molecule has 0 radical (unpaired) electrons. The van der Waals surface area contributed by atoms with E-state index in [4.69, 9.17) is 0 Å². The molecule has 0 aliphatic carbocycles. The van der Waals surface area contributed by atoms with Crippen molar-refractivity contribution in [3.05, 3.63) is 16.3 Å². The Morgan fingerprint density at radius 1 is 1.42 bits per heavy atom. The number of carbonyl (C=O) groups is 1. The maximum atomic E-state index is 12.6. The van der Waals surface area contributed by atoms with Crippen molar-refractivity contribution < 1.29 is 4.79 Å². The van der Waals surface area contributed by atoms with Crippen LogP contribution in [0, 0.1) is 0 Å². The largest absolute Gasteiger partial charge is 0.332 e. The summed E-state index contributed by atoms with van der Waals surface area (Å²) in [6.45, 7) is 5.28. The highest BCUT2D eigenvalue weighted by molar-refractivity contribution is 7.80. The third kappa shape index (κ3) is 2.69. The average molecular weight is 296 g/mol. The van der Waals surface area contributed by atoms with Crippen LogP contribution < -0.4 is 0 Å². The first-order valence-electron chi connectivity index (χ1n) is 6.97. The number of piperazine rings is 1. The first kappa shape index (κ1) is 13.5. The third-order valence-corrected chi connectivity index (χ3v) is 5.60. The lowest BCUT2D eigenvalue weighted by atomic mass is 9.97. The zero-order valence-corrected chi connectivity index (χ0v) is 12.9. The molecule has 3 heterocycles. The van der Waals surface area contributed by atoms with Gasteiger partial charge in [0.15, 0.2) is 0 Å². The third-order valence-electron chi connectivity index (χ3n) is 4.24. The van der Waals surface area contributed by atoms with Gasteiger partial charge < -0.3 is 4.90 Å². The van der Waals surface area contributed by atoms with Gasteiger partial charge in [-0.2, -0.15) is 0 Å². The first-order chi connectivity index (χ1) is 9.15. The van der Waals surface area contributed by atoms with Crippen molar-refractivity contribution >= 4 is 29.9 Å². The number of piperidine rings is 1. The molecule has 2 fully saturated rings. The van der Waals surface area contributed by atoms with Crippen LogP contribution in [0.3, 0.4) is 0 Å². The normalized spacial score (nSPS) is 28.2. The van der Waals surface area contributed by atoms with Gasteiger partial charge in [-0.25, -0.2) is 0 Å². The van der Waals surface area contributed by atoms with E-state index in [9.17, 15) is 4.79 Å². The Morgan fingerprint density at radius 3 is 3.00 bits per heavy atom. The van der Waals surface area contributed by atoms with E-state index in [1.165, 1.54) is 37.1 Å². The van der Waals surface area contributed by atoms with E-state index in [-0.39, 0.29) is 5.91 Å². The molecule has 2 saturated heterocycles. The molecule has 5 heteroatoms. The van der Waals surface area contributed by atoms with Crippen molar-refractivity contribution in [2.45, 2.75) is 43.2 Å². The molecule has 0 saturated carbocycles. The Kier molecular flexibility index (Phi) is 3.87. The van der Waals surface area contributed by atoms with Gasteiger partial charge in [0.2, 0.25) is 0 Å². The second-order valence-corrected chi connectivity index (χ2v) is 7.05. The quantitative estimate of drug-likeness (QED) is 0.806. The van der Waals surface area contributed by atoms with Crippen LogP contribution in [0.25, 0.3) is 0 Å². The van der Waals surface area contributed by atoms with Gasteiger partial charge in [-0.15, -0.1) is 24.0 Å². The summed E-state index contributed by atoms with van der Waals surface area (Å²) in [5, 5.41) is 1.93. The van der Waals surface area contributed by atoms with E-state index in [0.29, 0.717) is 12.1 Å². The van der Waals surface area contributed by atoms with E-state index >= 15 is 0 Å². The lowest BCUT2D eigenvalue weighted by Crippen LogP contribution is -2.60. The summed E-state index contributed by atoms with van der Waals surface area (Å²) in [5.74, 6) is 0.183. The van der Waals surface area contributed by atoms with E-state index in [1.54, 1.807) is 0 Å². The number of thiol groups is 1. The molecule has 1 amide bonds. The molecule has 0 aromatic carbocycles. The molecule has 2 atom stereocenters. The SMILES string of the molecule is CC1CN2CCCCC2CN1C(=O)c1cc(S)cs1. The summed E-state index contributed by atoms with van der Waals surface area (Å²) in [6, 6.07) is 2.77. The second kappa shape index (κ2) is 5.46. The van der Waals surface area contributed by atoms with Crippen molar-refractivity contribution in [2.75, 3.05) is 19.6 Å². The molecular formula is C14H20N2OS2. The summed E-state index contributed by atoms with van der Waals surface area (Å²) < 4.78 is 0. The minimum atomic E-state index is 0.183. The molecule has 19 heavy (non-hydrogen) atoms. The highest BCUT2D eigenvalue weighted by Crippen LogP contribution is 2.27. The fraction of sp³-hybridized carbons (Fsp3) is 0.643. The Balaban J connectivity index is 1.75. The van der Waals surface area contributed by atoms with Crippen molar-refractivity contribution in [1.29, 1.82) is 0 Å². The van der Waals surface area contributed by atoms with E-state index in [0.717, 1.165) is 22.9 Å². The fourth-order valence-corrected chi connectivity index (χ4v) is 4.32. The molecule has 0 bridgehead atoms. The van der Waals surface area contributed by atoms with E-state index in [2.05, 4.69) is 29.4 Å². The highest BCUT2D eigenvalue weighted by atomic mass is 32.1. The maximum Gasteiger partial charge on any atom is 0.264 e. The fourth-order valence-electron chi connectivity index (χ4n) is 3.22. The van der Waals surface area contributed by atoms with Crippen LogP contribution in [0.1, 0.15) is 35.9 Å². The van der Waals surface area contributed by atoms with Crippen LogP contribution in [0.15, 0.2) is 16.3 Å². The van der Waals surface area contributed by atoms with Gasteiger partial charge in [-0.3, -0.25) is 9.69 Å². The minimum absolute atomic E-state index is 0.183. The summed E-state index contributed by atoms with van der Waals surface area (Å²) in [6.07, 6.45) is 3.85. The molecule has 1 aromatic rings. The standard InChI is InChI=1S/C14H20N2OS2/c1-10-7-15-5-3-2-4-11(15)8-16(10)14(17)13-6-12(18)9-19-13/h6,9-11,18H,2-5,7-8H2,1H3. The van der Waals surface area contributed by atoms with Crippen LogP contribution in [0.5, 0.6) is 0 Å². The zero-order chi connectivity index (χ0) is 13.4. The van der Waals surface area contributed by atoms with Crippen LogP contribution in [-0.4, -0.2) is 47.4 Å². The number of nitrogens with zero attached hydrogens (tertiary/aromatic N) is 2. The Bertz CT molecular complexity index is 474. The zero-order valence-electron chi connectivity index (χ0n) is 11.2. The Hall–Kier alpha value is -0.520. The molecule has 0 N–H and O–H groups in total. The van der Waals surface area contributed by atoms with Crippen molar-refractivity contribution in [3.8, 4) is 0 Å². The number of rotatable bonds is 1. The Morgan fingerprint density at radius 2 is 2.26 bits per heavy atom. The number of carbonyl (C=O) groups excluding carboxylic acids is 1. The topological polar surface area (TPSA) is 23.6 Å². The second-order valence-electron chi connectivity index (χ2n) is 5.62. The predicted molar refractivity (Wildman–Crippen MR) is 81.3 cm³/mol. The lowest BCUT2D eigenvalue weighted by Gasteiger charge is -2.47. The van der Waals surface area contributed by atoms with Gasteiger partial charge in [0, 0.05) is 35.4 Å². The average Bonchev–Trinajstić information content (AvgIpc) is 2.84. The molecule has 2 unspecified atom stereocenters. The number of thiophene rings is 1. The summed E-state index contributed by atoms with van der Waals surface area (Å²) in [7, 11) is 0. The van der Waals surface area contributed by atoms with Gasteiger partial charge >= 0.3 is 0 Å². The summed E-state index contributed by atoms with van der Waals surface area (Å²) >= 11 is 5.79. The molecule has 1 aromatic heterocycles. The van der Waals surface area contributed by atoms with Gasteiger partial charge in [0.05, 0.1) is 4.88 Å². The summed E-state index contributed by atoms with van der Waals surface area (Å²) in [5.41, 5.74) is 0. The van der Waals surface area contributed by atoms with E-state index < -0.39 is 0 Å². The van der Waals surface area contributed by atoms with Crippen molar-refractivity contribution in [1.82, 2.24) is 9.80 Å². The number of hydrogen-bond donors (Lipinski definition) is 1. The number of fused-ring (bicyclic) bond motifs is 1. The molecule has 2 aliphatic rings. The van der Waals surface area contributed by atoms with Gasteiger partial charge in [0.25, 0.3) is 5.91 Å². The van der Waals surface area contributed by atoms with Gasteiger partial charge in [0.1, 0.15) is 0 Å². The van der Waals surface area contributed by atoms with Crippen LogP contribution >= 0.6 is 24.0 Å². The number of amides is 1. The molecule has 104 valence electrons. The maximum absolute atomic E-state index is 12.6. The van der Waals surface area contributed by atoms with E-state index in [1.807, 2.05) is 11.4 Å². The molecule has 3 nitrogen and oxygen atoms in total. The van der Waals surface area contributed by atoms with Gasteiger partial charge in [-0.05, 0) is 32.4 Å². The Labute approximate surface area is 124 Å². The van der Waals surface area contributed by atoms with Crippen molar-refractivity contribution in [2.24, 2.45) is 0 Å². The number of hydrogen-bond acceptors (Lipinski definition) is 4. The molecule has 2 aliphatic heterocycles. The lowest BCUT2D eigenvalue weighted by molar-refractivity contribution is 0.0155. The van der Waals surface area contributed by atoms with Crippen LogP contribution in [-0.2, 0) is 0 Å². The minimum Gasteiger partial charge on any atom is -0.332 e. The predicted octanol–water partition coefficient (Wildman–Crippen LogP) is 2.74. The van der Waals surface area contributed by atoms with Crippen LogP contribution in [0.2, 0.25) is 0 Å².